The number of nitrogens with two attached hydrogens (primary N) is 1. The third kappa shape index (κ3) is 23.1. The van der Waals surface area contributed by atoms with Crippen molar-refractivity contribution in [3.05, 3.63) is 119 Å². The second-order valence-electron chi connectivity index (χ2n) is 14.1. The second kappa shape index (κ2) is 33.1. The summed E-state index contributed by atoms with van der Waals surface area (Å²) in [5, 5.41) is 132. The molecule has 66 heavy (non-hydrogen) atoms. The first kappa shape index (κ1) is 62.6. The maximum absolute atomic E-state index is 11.3. The Balaban J connectivity index is 0. The van der Waals surface area contributed by atoms with E-state index in [1.807, 2.05) is 54.6 Å². The zero-order valence-corrected chi connectivity index (χ0v) is 35.0. The fourth-order valence-electron chi connectivity index (χ4n) is 5.29. The molecule has 1 fully saturated rings. The highest BCUT2D eigenvalue weighted by Crippen LogP contribution is 2.23. The molecule has 0 amide bonds. The van der Waals surface area contributed by atoms with Crippen LogP contribution in [0.1, 0.15) is 24.1 Å². The minimum Gasteiger partial charge on any atom is -0.507 e. The summed E-state index contributed by atoms with van der Waals surface area (Å²) in [4.78, 5) is 42.6. The van der Waals surface area contributed by atoms with Gasteiger partial charge in [-0.15, -0.1) is 0 Å². The molecule has 3 unspecified atom stereocenters. The lowest BCUT2D eigenvalue weighted by molar-refractivity contribution is -0.212. The quantitative estimate of drug-likeness (QED) is 0.0362. The smallest absolute Gasteiger partial charge is 0.321 e. The summed E-state index contributed by atoms with van der Waals surface area (Å²) >= 11 is 0. The predicted octanol–water partition coefficient (Wildman–Crippen LogP) is -3.62. The predicted molar refractivity (Wildman–Crippen MR) is 235 cm³/mol. The number of hydrogen-bond donors (Lipinski definition) is 17. The molecule has 372 valence electrons. The maximum Gasteiger partial charge on any atom is 0.321 e. The van der Waals surface area contributed by atoms with Crippen LogP contribution in [0.25, 0.3) is 0 Å². The van der Waals surface area contributed by atoms with Crippen LogP contribution in [-0.2, 0) is 43.2 Å². The van der Waals surface area contributed by atoms with E-state index in [9.17, 15) is 49.8 Å². The van der Waals surface area contributed by atoms with Gasteiger partial charge in [-0.2, -0.15) is 0 Å². The van der Waals surface area contributed by atoms with E-state index < -0.39 is 103 Å². The standard InChI is InChI=1S/2C14H19NO6.C9H11NO2.C5H10O5.CH4.H2O/c16-11-7-21-14(20,12(11)17)8-15-10(13(18)19)6-9-4-2-1-3-5-9;16-8-12(18)13(19)11(17)7-15-10(14(20)21)6-9-4-2-1-3-5-9;10-8(9(11)12)6-7-4-2-1-3-5-7;6-1-3(8)5(10)4(9)2-7;;/h1-5,10-12,15-17,20H,6-8H2,(H,18,19);1-5,10,12,15-19H,6-8H2,(H,20,21);1-5,8H,6,10H2,(H,11,12);1,3-5,7-10H,2H2;1H4;1H2/b;13-11+;;;;/t10-,11?,12?,14?;10-,12-;8-;3-,4+,5+;;/m1110../s1. The molecule has 10 atom stereocenters. The number of carbonyl (C=O) groups excluding carboxylic acids is 1. The molecule has 3 aromatic rings. The Morgan fingerprint density at radius 3 is 1.48 bits per heavy atom. The van der Waals surface area contributed by atoms with E-state index in [1.54, 1.807) is 36.4 Å². The SMILES string of the molecule is C.N[C@H](Cc1ccccc1)C(=O)O.O.O=C(O)[C@@H](Cc1ccccc1)NC/C(O)=C(\O)[C@H](O)CO.O=C(O)[C@@H](Cc1ccccc1)NCC1(O)OCC(O)C1O.O=C[C@H](O)[C@@H](O)[C@H](O)CO. The van der Waals surface area contributed by atoms with Gasteiger partial charge in [0.25, 0.3) is 0 Å². The van der Waals surface area contributed by atoms with Crippen LogP contribution in [0.3, 0.4) is 0 Å². The van der Waals surface area contributed by atoms with Gasteiger partial charge in [0.1, 0.15) is 60.5 Å². The van der Waals surface area contributed by atoms with E-state index in [2.05, 4.69) is 10.6 Å². The first-order valence-corrected chi connectivity index (χ1v) is 19.5. The molecule has 0 spiro atoms. The lowest BCUT2D eigenvalue weighted by atomic mass is 10.0. The Morgan fingerprint density at radius 2 is 1.14 bits per heavy atom. The molecule has 0 radical (unpaired) electrons. The summed E-state index contributed by atoms with van der Waals surface area (Å²) in [6.07, 6.45) is -8.07. The molecule has 1 aliphatic rings. The fraction of sp³-hybridized carbons (Fsp3) is 0.442. The third-order valence-electron chi connectivity index (χ3n) is 9.08. The van der Waals surface area contributed by atoms with Crippen LogP contribution in [0, 0.1) is 0 Å². The monoisotopic (exact) mass is 943 g/mol. The molecule has 20 N–H and O–H groups in total. The maximum atomic E-state index is 11.3. The number of carbonyl (C=O) groups is 4. The lowest BCUT2D eigenvalue weighted by Gasteiger charge is -2.27. The van der Waals surface area contributed by atoms with E-state index in [0.717, 1.165) is 16.7 Å². The van der Waals surface area contributed by atoms with Crippen LogP contribution >= 0.6 is 0 Å². The molecule has 1 heterocycles. The van der Waals surface area contributed by atoms with Gasteiger partial charge in [-0.25, -0.2) is 0 Å². The van der Waals surface area contributed by atoms with Crippen molar-refractivity contribution < 1.29 is 101 Å². The summed E-state index contributed by atoms with van der Waals surface area (Å²) in [5.74, 6) is -6.52. The number of nitrogens with one attached hydrogen (secondary N) is 2. The Hall–Kier alpha value is -5.48. The molecule has 1 saturated heterocycles. The third-order valence-corrected chi connectivity index (χ3v) is 9.08. The van der Waals surface area contributed by atoms with Crippen LogP contribution < -0.4 is 16.4 Å². The van der Waals surface area contributed by atoms with Crippen LogP contribution in [0.15, 0.2) is 103 Å². The number of aliphatic carboxylic acids is 3. The zero-order chi connectivity index (χ0) is 48.4. The topological polar surface area (TPSA) is 442 Å². The first-order valence-electron chi connectivity index (χ1n) is 19.5. The van der Waals surface area contributed by atoms with Gasteiger partial charge in [0.15, 0.2) is 12.0 Å². The number of aliphatic hydroxyl groups is 11. The van der Waals surface area contributed by atoms with Gasteiger partial charge >= 0.3 is 17.9 Å². The van der Waals surface area contributed by atoms with Crippen LogP contribution in [0.2, 0.25) is 0 Å². The van der Waals surface area contributed by atoms with Gasteiger partial charge in [0.05, 0.1) is 32.9 Å². The molecule has 0 saturated carbocycles. The molecule has 4 rings (SSSR count). The first-order chi connectivity index (χ1) is 30.2. The summed E-state index contributed by atoms with van der Waals surface area (Å²) in [7, 11) is 0. The van der Waals surface area contributed by atoms with Crippen molar-refractivity contribution in [2.45, 2.75) is 87.2 Å². The van der Waals surface area contributed by atoms with Crippen LogP contribution in [0.5, 0.6) is 0 Å². The van der Waals surface area contributed by atoms with Crippen LogP contribution in [0.4, 0.5) is 0 Å². The highest BCUT2D eigenvalue weighted by molar-refractivity contribution is 5.74. The van der Waals surface area contributed by atoms with Crippen molar-refractivity contribution in [2.75, 3.05) is 32.9 Å². The average Bonchev–Trinajstić information content (AvgIpc) is 3.56. The molecular weight excluding hydrogens is 878 g/mol. The van der Waals surface area contributed by atoms with Gasteiger partial charge in [0, 0.05) is 0 Å². The largest absolute Gasteiger partial charge is 0.507 e. The van der Waals surface area contributed by atoms with Gasteiger partial charge in [-0.1, -0.05) is 98.4 Å². The Labute approximate surface area is 380 Å². The summed E-state index contributed by atoms with van der Waals surface area (Å²) in [6.45, 7) is -2.27. The van der Waals surface area contributed by atoms with Crippen molar-refractivity contribution >= 4 is 24.2 Å². The summed E-state index contributed by atoms with van der Waals surface area (Å²) in [5.41, 5.74) is 7.94. The number of carboxylic acid groups (broad SMARTS) is 3. The molecule has 23 nitrogen and oxygen atoms in total. The molecule has 0 aliphatic carbocycles. The van der Waals surface area contributed by atoms with E-state index >= 15 is 0 Å². The molecule has 3 aromatic carbocycles. The molecule has 0 bridgehead atoms. The molecule has 23 heteroatoms. The summed E-state index contributed by atoms with van der Waals surface area (Å²) in [6, 6.07) is 24.6. The van der Waals surface area contributed by atoms with E-state index in [1.165, 1.54) is 0 Å². The number of aldehydes is 1. The highest BCUT2D eigenvalue weighted by Gasteiger charge is 2.48. The van der Waals surface area contributed by atoms with Gasteiger partial charge in [-0.3, -0.25) is 25.0 Å². The number of carboxylic acids is 3. The Bertz CT molecular complexity index is 1830. The molecular formula is C43H65N3O20. The number of hydrogen-bond acceptors (Lipinski definition) is 19. The Kier molecular flexibility index (Phi) is 31.4. The zero-order valence-electron chi connectivity index (χ0n) is 35.0. The second-order valence-corrected chi connectivity index (χ2v) is 14.1. The number of rotatable bonds is 21. The van der Waals surface area contributed by atoms with E-state index in [-0.39, 0.29) is 51.7 Å². The minimum atomic E-state index is -1.98. The Morgan fingerprint density at radius 1 is 0.712 bits per heavy atom. The van der Waals surface area contributed by atoms with Crippen LogP contribution in [-0.4, -0.2) is 195 Å². The van der Waals surface area contributed by atoms with Crippen molar-refractivity contribution in [2.24, 2.45) is 5.73 Å². The van der Waals surface area contributed by atoms with Crippen molar-refractivity contribution in [1.82, 2.24) is 10.6 Å². The van der Waals surface area contributed by atoms with Gasteiger partial charge in [0.2, 0.25) is 5.79 Å². The van der Waals surface area contributed by atoms with Gasteiger partial charge < -0.3 is 92.2 Å². The summed E-state index contributed by atoms with van der Waals surface area (Å²) < 4.78 is 4.95. The van der Waals surface area contributed by atoms with E-state index in [0.29, 0.717) is 6.42 Å². The average molecular weight is 944 g/mol. The lowest BCUT2D eigenvalue weighted by Crippen LogP contribution is -2.54. The molecule has 0 aromatic heterocycles. The normalized spacial score (nSPS) is 19.7. The van der Waals surface area contributed by atoms with E-state index in [4.69, 9.17) is 51.3 Å². The minimum absolute atomic E-state index is 0. The highest BCUT2D eigenvalue weighted by atomic mass is 16.7. The number of benzene rings is 3. The number of aliphatic hydroxyl groups excluding tert-OH is 10. The van der Waals surface area contributed by atoms with Crippen molar-refractivity contribution in [1.29, 1.82) is 0 Å². The number of ether oxygens (including phenoxy) is 1. The van der Waals surface area contributed by atoms with Crippen molar-refractivity contribution in [3.8, 4) is 0 Å². The van der Waals surface area contributed by atoms with Crippen molar-refractivity contribution in [3.63, 3.8) is 0 Å². The van der Waals surface area contributed by atoms with Gasteiger partial charge in [-0.05, 0) is 36.0 Å². The molecule has 1 aliphatic heterocycles. The fourth-order valence-corrected chi connectivity index (χ4v) is 5.29.